The number of amides is 1. The summed E-state index contributed by atoms with van der Waals surface area (Å²) in [6.07, 6.45) is 0. The first kappa shape index (κ1) is 20.4. The molecule has 136 valence electrons. The van der Waals surface area contributed by atoms with Crippen molar-refractivity contribution in [3.8, 4) is 11.5 Å². The molecule has 9 heteroatoms. The van der Waals surface area contributed by atoms with E-state index in [-0.39, 0.29) is 35.4 Å². The number of methoxy groups -OCH3 is 1. The Morgan fingerprint density at radius 2 is 2.04 bits per heavy atom. The lowest BCUT2D eigenvalue weighted by Gasteiger charge is -2.27. The summed E-state index contributed by atoms with van der Waals surface area (Å²) in [6, 6.07) is 4.20. The van der Waals surface area contributed by atoms with Crippen molar-refractivity contribution in [3.05, 3.63) is 23.8 Å². The fourth-order valence-corrected chi connectivity index (χ4v) is 2.37. The molecule has 0 bridgehead atoms. The molecule has 0 spiro atoms. The van der Waals surface area contributed by atoms with Crippen molar-refractivity contribution < 1.29 is 23.0 Å². The second kappa shape index (κ2) is 10.3. The second-order valence-corrected chi connectivity index (χ2v) is 5.09. The predicted molar refractivity (Wildman–Crippen MR) is 88.5 cm³/mol. The molecule has 0 unspecified atom stereocenters. The van der Waals surface area contributed by atoms with Crippen molar-refractivity contribution in [2.45, 2.75) is 6.61 Å². The van der Waals surface area contributed by atoms with Crippen LogP contribution in [0.4, 0.5) is 8.78 Å². The monoisotopic (exact) mass is 365 g/mol. The molecule has 1 heterocycles. The molecule has 0 radical (unpaired) electrons. The summed E-state index contributed by atoms with van der Waals surface area (Å²) in [5, 5.41) is 6.04. The number of hydrogen-bond donors (Lipinski definition) is 2. The number of hydrogen-bond acceptors (Lipinski definition) is 5. The van der Waals surface area contributed by atoms with E-state index in [0.717, 1.165) is 32.7 Å². The van der Waals surface area contributed by atoms with Crippen LogP contribution in [-0.2, 0) is 0 Å². The number of rotatable bonds is 7. The van der Waals surface area contributed by atoms with E-state index in [4.69, 9.17) is 4.74 Å². The van der Waals surface area contributed by atoms with E-state index >= 15 is 0 Å². The highest BCUT2D eigenvalue weighted by atomic mass is 35.5. The lowest BCUT2D eigenvalue weighted by molar-refractivity contribution is -0.0512. The van der Waals surface area contributed by atoms with Gasteiger partial charge >= 0.3 is 6.61 Å². The lowest BCUT2D eigenvalue weighted by Crippen LogP contribution is -2.46. The lowest BCUT2D eigenvalue weighted by atomic mass is 10.2. The molecular weight excluding hydrogens is 344 g/mol. The third kappa shape index (κ3) is 6.10. The number of benzene rings is 1. The van der Waals surface area contributed by atoms with Gasteiger partial charge in [0.2, 0.25) is 0 Å². The molecule has 1 aromatic carbocycles. The van der Waals surface area contributed by atoms with Gasteiger partial charge in [0.05, 0.1) is 7.11 Å². The molecule has 2 N–H and O–H groups in total. The van der Waals surface area contributed by atoms with E-state index in [1.165, 1.54) is 25.3 Å². The van der Waals surface area contributed by atoms with Crippen LogP contribution in [0.25, 0.3) is 0 Å². The number of alkyl halides is 2. The number of carbonyl (C=O) groups is 1. The van der Waals surface area contributed by atoms with Crippen molar-refractivity contribution in [2.24, 2.45) is 0 Å². The molecule has 1 aliphatic rings. The van der Waals surface area contributed by atoms with Crippen LogP contribution in [0, 0.1) is 0 Å². The number of nitrogens with one attached hydrogen (secondary N) is 2. The Morgan fingerprint density at radius 3 is 2.67 bits per heavy atom. The minimum atomic E-state index is -2.98. The van der Waals surface area contributed by atoms with Gasteiger partial charge in [-0.3, -0.25) is 9.69 Å². The van der Waals surface area contributed by atoms with Crippen molar-refractivity contribution in [1.29, 1.82) is 0 Å². The number of ether oxygens (including phenoxy) is 2. The normalized spacial score (nSPS) is 14.8. The SMILES string of the molecule is COc1ccc(C(=O)NCCN2CCNCC2)cc1OC(F)F.Cl. The number of piperazine rings is 1. The zero-order chi connectivity index (χ0) is 16.7. The van der Waals surface area contributed by atoms with Crippen molar-refractivity contribution >= 4 is 18.3 Å². The first-order valence-electron chi connectivity index (χ1n) is 7.44. The largest absolute Gasteiger partial charge is 0.493 e. The van der Waals surface area contributed by atoms with Crippen LogP contribution in [0.2, 0.25) is 0 Å². The van der Waals surface area contributed by atoms with Gasteiger partial charge in [0.25, 0.3) is 5.91 Å². The first-order chi connectivity index (χ1) is 11.1. The summed E-state index contributed by atoms with van der Waals surface area (Å²) in [4.78, 5) is 14.3. The highest BCUT2D eigenvalue weighted by Gasteiger charge is 2.15. The molecule has 0 aromatic heterocycles. The number of nitrogens with zero attached hydrogens (tertiary/aromatic N) is 1. The van der Waals surface area contributed by atoms with Crippen LogP contribution < -0.4 is 20.1 Å². The Bertz CT molecular complexity index is 529. The molecule has 1 saturated heterocycles. The van der Waals surface area contributed by atoms with Crippen molar-refractivity contribution in [2.75, 3.05) is 46.4 Å². The van der Waals surface area contributed by atoms with Crippen LogP contribution in [0.15, 0.2) is 18.2 Å². The molecule has 24 heavy (non-hydrogen) atoms. The molecule has 0 aliphatic carbocycles. The Kier molecular flexibility index (Phi) is 8.73. The molecule has 2 rings (SSSR count). The molecule has 1 aliphatic heterocycles. The minimum Gasteiger partial charge on any atom is -0.493 e. The van der Waals surface area contributed by atoms with Gasteiger partial charge in [0.1, 0.15) is 0 Å². The maximum absolute atomic E-state index is 12.4. The van der Waals surface area contributed by atoms with Crippen molar-refractivity contribution in [1.82, 2.24) is 15.5 Å². The van der Waals surface area contributed by atoms with Gasteiger partial charge in [-0.05, 0) is 18.2 Å². The first-order valence-corrected chi connectivity index (χ1v) is 7.44. The average Bonchev–Trinajstić information content (AvgIpc) is 2.55. The quantitative estimate of drug-likeness (QED) is 0.764. The Morgan fingerprint density at radius 1 is 1.33 bits per heavy atom. The zero-order valence-corrected chi connectivity index (χ0v) is 14.2. The molecule has 6 nitrogen and oxygen atoms in total. The number of halogens is 3. The summed E-state index contributed by atoms with van der Waals surface area (Å²) < 4.78 is 34.1. The molecular formula is C15H22ClF2N3O3. The maximum atomic E-state index is 12.4. The van der Waals surface area contributed by atoms with E-state index in [2.05, 4.69) is 20.3 Å². The Hall–Kier alpha value is -1.64. The molecule has 1 aromatic rings. The minimum absolute atomic E-state index is 0. The molecule has 0 saturated carbocycles. The van der Waals surface area contributed by atoms with Crippen LogP contribution >= 0.6 is 12.4 Å². The van der Waals surface area contributed by atoms with Gasteiger partial charge in [-0.25, -0.2) is 0 Å². The Labute approximate surface area is 145 Å². The van der Waals surface area contributed by atoms with Gasteiger partial charge in [0, 0.05) is 44.8 Å². The van der Waals surface area contributed by atoms with Crippen LogP contribution in [-0.4, -0.2) is 63.8 Å². The fraction of sp³-hybridized carbons (Fsp3) is 0.533. The highest BCUT2D eigenvalue weighted by molar-refractivity contribution is 5.94. The number of carbonyl (C=O) groups excluding carboxylic acids is 1. The van der Waals surface area contributed by atoms with Crippen LogP contribution in [0.3, 0.4) is 0 Å². The summed E-state index contributed by atoms with van der Waals surface area (Å²) >= 11 is 0. The van der Waals surface area contributed by atoms with Gasteiger partial charge in [-0.15, -0.1) is 12.4 Å². The van der Waals surface area contributed by atoms with Gasteiger partial charge in [-0.1, -0.05) is 0 Å². The smallest absolute Gasteiger partial charge is 0.387 e. The topological polar surface area (TPSA) is 62.8 Å². The third-order valence-electron chi connectivity index (χ3n) is 3.57. The van der Waals surface area contributed by atoms with E-state index in [0.29, 0.717) is 6.54 Å². The van der Waals surface area contributed by atoms with E-state index in [9.17, 15) is 13.6 Å². The van der Waals surface area contributed by atoms with E-state index in [1.54, 1.807) is 0 Å². The molecule has 1 amide bonds. The predicted octanol–water partition coefficient (Wildman–Crippen LogP) is 1.35. The van der Waals surface area contributed by atoms with E-state index < -0.39 is 6.61 Å². The highest BCUT2D eigenvalue weighted by Crippen LogP contribution is 2.29. The van der Waals surface area contributed by atoms with Gasteiger partial charge in [0.15, 0.2) is 11.5 Å². The third-order valence-corrected chi connectivity index (χ3v) is 3.57. The maximum Gasteiger partial charge on any atom is 0.387 e. The second-order valence-electron chi connectivity index (χ2n) is 5.09. The van der Waals surface area contributed by atoms with Crippen molar-refractivity contribution in [3.63, 3.8) is 0 Å². The summed E-state index contributed by atoms with van der Waals surface area (Å²) in [5.41, 5.74) is 0.252. The van der Waals surface area contributed by atoms with Gasteiger partial charge < -0.3 is 20.1 Å². The Balaban J connectivity index is 0.00000288. The van der Waals surface area contributed by atoms with Crippen LogP contribution in [0.5, 0.6) is 11.5 Å². The average molecular weight is 366 g/mol. The van der Waals surface area contributed by atoms with Crippen LogP contribution in [0.1, 0.15) is 10.4 Å². The van der Waals surface area contributed by atoms with Gasteiger partial charge in [-0.2, -0.15) is 8.78 Å². The summed E-state index contributed by atoms with van der Waals surface area (Å²) in [5.74, 6) is -0.332. The zero-order valence-electron chi connectivity index (χ0n) is 13.4. The standard InChI is InChI=1S/C15H21F2N3O3.ClH/c1-22-12-3-2-11(10-13(12)23-15(16)17)14(21)19-6-9-20-7-4-18-5-8-20;/h2-3,10,15,18H,4-9H2,1H3,(H,19,21);1H. The summed E-state index contributed by atoms with van der Waals surface area (Å²) in [7, 11) is 1.35. The molecule has 0 atom stereocenters. The fourth-order valence-electron chi connectivity index (χ4n) is 2.37. The summed E-state index contributed by atoms with van der Waals surface area (Å²) in [6.45, 7) is 2.06. The molecule has 1 fully saturated rings. The van der Waals surface area contributed by atoms with E-state index in [1.807, 2.05) is 0 Å².